The summed E-state index contributed by atoms with van der Waals surface area (Å²) >= 11 is 0. The molecule has 11 heteroatoms. The van der Waals surface area contributed by atoms with E-state index in [-0.39, 0.29) is 24.0 Å². The third-order valence-electron chi connectivity index (χ3n) is 5.11. The maximum absolute atomic E-state index is 13.1. The molecule has 0 saturated heterocycles. The SMILES string of the molecule is C=C1C=C(c2cccc(-c3cnnn3C(F)F)c2)N=C1NC(=O)CNC(=O)c1ccn(CC)c1. The number of rotatable bonds is 7. The highest BCUT2D eigenvalue weighted by molar-refractivity contribution is 6.15. The number of aliphatic imine (C=N–C) groups is 1. The van der Waals surface area contributed by atoms with Crippen molar-refractivity contribution >= 4 is 23.3 Å². The molecule has 0 bridgehead atoms. The fourth-order valence-corrected chi connectivity index (χ4v) is 3.36. The highest BCUT2D eigenvalue weighted by Crippen LogP contribution is 2.29. The maximum Gasteiger partial charge on any atom is 0.335 e. The molecule has 0 unspecified atom stereocenters. The molecule has 0 radical (unpaired) electrons. The van der Waals surface area contributed by atoms with Gasteiger partial charge in [0.05, 0.1) is 29.7 Å². The summed E-state index contributed by atoms with van der Waals surface area (Å²) in [5.74, 6) is -0.572. The van der Waals surface area contributed by atoms with Gasteiger partial charge in [0, 0.05) is 35.6 Å². The van der Waals surface area contributed by atoms with Crippen LogP contribution in [0.1, 0.15) is 29.4 Å². The van der Waals surface area contributed by atoms with Gasteiger partial charge in [-0.1, -0.05) is 30.0 Å². The van der Waals surface area contributed by atoms with Gasteiger partial charge in [-0.05, 0) is 25.1 Å². The second-order valence-electron chi connectivity index (χ2n) is 7.40. The van der Waals surface area contributed by atoms with E-state index in [0.717, 1.165) is 6.54 Å². The van der Waals surface area contributed by atoms with Crippen LogP contribution in [0.4, 0.5) is 8.78 Å². The van der Waals surface area contributed by atoms with Gasteiger partial charge < -0.3 is 15.2 Å². The van der Waals surface area contributed by atoms with Crippen molar-refractivity contribution in [1.82, 2.24) is 30.2 Å². The lowest BCUT2D eigenvalue weighted by atomic mass is 10.1. The first-order valence-electron chi connectivity index (χ1n) is 10.4. The number of hydrogen-bond donors (Lipinski definition) is 2. The van der Waals surface area contributed by atoms with Gasteiger partial charge >= 0.3 is 6.55 Å². The van der Waals surface area contributed by atoms with Gasteiger partial charge in [-0.15, -0.1) is 5.10 Å². The number of halogens is 2. The van der Waals surface area contributed by atoms with Crippen LogP contribution in [0, 0.1) is 0 Å². The number of nitrogens with one attached hydrogen (secondary N) is 2. The van der Waals surface area contributed by atoms with Gasteiger partial charge in [0.15, 0.2) is 0 Å². The molecule has 4 rings (SSSR count). The Hall–Kier alpha value is -4.41. The molecule has 0 aliphatic carbocycles. The first kappa shape index (κ1) is 22.8. The van der Waals surface area contributed by atoms with E-state index >= 15 is 0 Å². The molecule has 0 spiro atoms. The average Bonchev–Trinajstić information content (AvgIpc) is 3.58. The zero-order valence-electron chi connectivity index (χ0n) is 18.2. The minimum atomic E-state index is -2.82. The second-order valence-corrected chi connectivity index (χ2v) is 7.40. The van der Waals surface area contributed by atoms with Crippen LogP contribution in [-0.4, -0.2) is 43.8 Å². The average molecular weight is 465 g/mol. The number of aromatic nitrogens is 4. The molecule has 0 atom stereocenters. The Labute approximate surface area is 193 Å². The van der Waals surface area contributed by atoms with Crippen molar-refractivity contribution in [1.29, 1.82) is 0 Å². The number of alkyl halides is 2. The summed E-state index contributed by atoms with van der Waals surface area (Å²) < 4.78 is 28.7. The van der Waals surface area contributed by atoms with Gasteiger partial charge in [-0.25, -0.2) is 4.99 Å². The summed E-state index contributed by atoms with van der Waals surface area (Å²) in [6.07, 6.45) is 6.41. The molecule has 34 heavy (non-hydrogen) atoms. The number of carbonyl (C=O) groups is 2. The van der Waals surface area contributed by atoms with Gasteiger partial charge in [0.25, 0.3) is 5.91 Å². The van der Waals surface area contributed by atoms with E-state index in [1.807, 2.05) is 11.5 Å². The van der Waals surface area contributed by atoms with Crippen LogP contribution in [0.15, 0.2) is 72.1 Å². The fraction of sp³-hybridized carbons (Fsp3) is 0.174. The lowest BCUT2D eigenvalue weighted by Crippen LogP contribution is -2.39. The zero-order chi connectivity index (χ0) is 24.2. The minimum absolute atomic E-state index is 0.164. The van der Waals surface area contributed by atoms with Crippen molar-refractivity contribution < 1.29 is 18.4 Å². The van der Waals surface area contributed by atoms with Crippen LogP contribution in [0.5, 0.6) is 0 Å². The Morgan fingerprint density at radius 3 is 2.74 bits per heavy atom. The van der Waals surface area contributed by atoms with E-state index < -0.39 is 12.5 Å². The molecule has 174 valence electrons. The van der Waals surface area contributed by atoms with Gasteiger partial charge in [-0.3, -0.25) is 9.59 Å². The number of carbonyl (C=O) groups excluding carboxylic acids is 2. The lowest BCUT2D eigenvalue weighted by Gasteiger charge is -2.07. The summed E-state index contributed by atoms with van der Waals surface area (Å²) in [6.45, 7) is 3.53. The van der Waals surface area contributed by atoms with E-state index in [4.69, 9.17) is 0 Å². The van der Waals surface area contributed by atoms with E-state index in [2.05, 4.69) is 32.5 Å². The summed E-state index contributed by atoms with van der Waals surface area (Å²) in [7, 11) is 0. The molecule has 2 N–H and O–H groups in total. The van der Waals surface area contributed by atoms with Crippen molar-refractivity contribution in [2.75, 3.05) is 6.54 Å². The van der Waals surface area contributed by atoms with Crippen molar-refractivity contribution in [3.05, 3.63) is 78.3 Å². The van der Waals surface area contributed by atoms with Crippen LogP contribution in [0.3, 0.4) is 0 Å². The van der Waals surface area contributed by atoms with Gasteiger partial charge in [-0.2, -0.15) is 13.5 Å². The number of aryl methyl sites for hydroxylation is 1. The molecule has 2 amide bonds. The molecule has 1 aliphatic rings. The molecule has 9 nitrogen and oxygen atoms in total. The standard InChI is InChI=1S/C23H21F2N7O2/c1-3-31-8-7-17(13-31)22(34)26-12-20(33)29-21-14(2)9-18(28-21)15-5-4-6-16(10-15)19-11-27-30-32(19)23(24)25/h4-11,13,23H,2-3,12H2,1H3,(H,26,34)(H,28,29,33). The summed E-state index contributed by atoms with van der Waals surface area (Å²) in [6, 6.07) is 8.47. The molecule has 2 aromatic heterocycles. The predicted molar refractivity (Wildman–Crippen MR) is 122 cm³/mol. The number of amidine groups is 1. The van der Waals surface area contributed by atoms with Gasteiger partial charge in [0.1, 0.15) is 5.84 Å². The quantitative estimate of drug-likeness (QED) is 0.559. The highest BCUT2D eigenvalue weighted by atomic mass is 19.3. The Bertz CT molecular complexity index is 1320. The molecule has 1 aliphatic heterocycles. The van der Waals surface area contributed by atoms with Crippen molar-refractivity contribution in [3.63, 3.8) is 0 Å². The molecular formula is C23H21F2N7O2. The Morgan fingerprint density at radius 1 is 1.21 bits per heavy atom. The maximum atomic E-state index is 13.1. The fourth-order valence-electron chi connectivity index (χ4n) is 3.36. The van der Waals surface area contributed by atoms with Crippen LogP contribution in [-0.2, 0) is 11.3 Å². The Balaban J connectivity index is 1.41. The van der Waals surface area contributed by atoms with Crippen LogP contribution in [0.25, 0.3) is 17.0 Å². The van der Waals surface area contributed by atoms with Crippen LogP contribution in [0.2, 0.25) is 0 Å². The number of hydrogen-bond acceptors (Lipinski definition) is 5. The monoisotopic (exact) mass is 465 g/mol. The molecule has 0 fully saturated rings. The Kier molecular flexibility index (Phi) is 6.44. The normalized spacial score (nSPS) is 13.1. The third-order valence-corrected chi connectivity index (χ3v) is 5.11. The van der Waals surface area contributed by atoms with Crippen LogP contribution < -0.4 is 10.6 Å². The number of amides is 2. The van der Waals surface area contributed by atoms with E-state index in [9.17, 15) is 18.4 Å². The first-order chi connectivity index (χ1) is 16.4. The number of benzene rings is 1. The zero-order valence-corrected chi connectivity index (χ0v) is 18.2. The second kappa shape index (κ2) is 9.61. The number of nitrogens with zero attached hydrogens (tertiary/aromatic N) is 5. The van der Waals surface area contributed by atoms with Crippen molar-refractivity contribution in [2.45, 2.75) is 20.0 Å². The smallest absolute Gasteiger partial charge is 0.335 e. The Morgan fingerprint density at radius 2 is 2.00 bits per heavy atom. The molecule has 1 aromatic carbocycles. The molecule has 0 saturated carbocycles. The van der Waals surface area contributed by atoms with E-state index in [0.29, 0.717) is 32.6 Å². The summed E-state index contributed by atoms with van der Waals surface area (Å²) in [4.78, 5) is 28.9. The minimum Gasteiger partial charge on any atom is -0.354 e. The highest BCUT2D eigenvalue weighted by Gasteiger charge is 2.19. The molecule has 3 heterocycles. The summed E-state index contributed by atoms with van der Waals surface area (Å²) in [5, 5.41) is 12.2. The molecular weight excluding hydrogens is 444 g/mol. The topological polar surface area (TPSA) is 106 Å². The van der Waals surface area contributed by atoms with Crippen molar-refractivity contribution in [3.8, 4) is 11.3 Å². The van der Waals surface area contributed by atoms with Crippen LogP contribution >= 0.6 is 0 Å². The predicted octanol–water partition coefficient (Wildman–Crippen LogP) is 3.02. The van der Waals surface area contributed by atoms with E-state index in [1.54, 1.807) is 48.8 Å². The lowest BCUT2D eigenvalue weighted by molar-refractivity contribution is -0.118. The third kappa shape index (κ3) is 4.82. The first-order valence-corrected chi connectivity index (χ1v) is 10.4. The van der Waals surface area contributed by atoms with E-state index in [1.165, 1.54) is 6.20 Å². The summed E-state index contributed by atoms with van der Waals surface area (Å²) in [5.41, 5.74) is 2.73. The molecule has 3 aromatic rings. The largest absolute Gasteiger partial charge is 0.354 e. The van der Waals surface area contributed by atoms with Crippen molar-refractivity contribution in [2.24, 2.45) is 4.99 Å². The van der Waals surface area contributed by atoms with Gasteiger partial charge in [0.2, 0.25) is 5.91 Å².